The van der Waals surface area contributed by atoms with Gasteiger partial charge in [0.05, 0.1) is 49.8 Å². The first kappa shape index (κ1) is 76.9. The summed E-state index contributed by atoms with van der Waals surface area (Å²) in [6, 6.07) is 0. The van der Waals surface area contributed by atoms with E-state index < -0.39 is 105 Å². The zero-order valence-electron chi connectivity index (χ0n) is 54.9. The lowest BCUT2D eigenvalue weighted by atomic mass is 9.96. The lowest BCUT2D eigenvalue weighted by molar-refractivity contribution is -0.172. The van der Waals surface area contributed by atoms with Gasteiger partial charge >= 0.3 is 41.8 Å². The number of carbonyl (C=O) groups is 14. The molecule has 0 spiro atoms. The Labute approximate surface area is 468 Å². The van der Waals surface area contributed by atoms with Crippen molar-refractivity contribution in [2.45, 2.75) is 149 Å². The molecule has 0 fully saturated rings. The van der Waals surface area contributed by atoms with Gasteiger partial charge < -0.3 is 66.3 Å². The van der Waals surface area contributed by atoms with Crippen LogP contribution in [0.2, 0.25) is 0 Å². The topological polar surface area (TPSA) is 368 Å². The van der Waals surface area contributed by atoms with Gasteiger partial charge in [0.25, 0.3) is 0 Å². The highest BCUT2D eigenvalue weighted by molar-refractivity contribution is 6.09. The summed E-state index contributed by atoms with van der Waals surface area (Å²) in [5.41, 5.74) is -11.6. The molecule has 7 atom stereocenters. The van der Waals surface area contributed by atoms with Crippen LogP contribution in [0.4, 0.5) is 0 Å². The fourth-order valence-corrected chi connectivity index (χ4v) is 4.62. The third-order valence-corrected chi connectivity index (χ3v) is 11.5. The highest BCUT2D eigenvalue weighted by atomic mass is 16.6. The molecule has 0 saturated heterocycles. The maximum absolute atomic E-state index is 11.3. The third-order valence-electron chi connectivity index (χ3n) is 11.5. The van der Waals surface area contributed by atoms with Gasteiger partial charge in [-0.05, 0) is 95.8 Å². The molecule has 0 saturated carbocycles. The van der Waals surface area contributed by atoms with Crippen molar-refractivity contribution in [1.82, 2.24) is 0 Å². The molecule has 7 unspecified atom stereocenters. The lowest BCUT2D eigenvalue weighted by Gasteiger charge is -2.24. The summed E-state index contributed by atoms with van der Waals surface area (Å²) >= 11 is 0. The molecule has 0 rings (SSSR count). The van der Waals surface area contributed by atoms with Gasteiger partial charge in [0.2, 0.25) is 39.2 Å². The molecule has 0 heterocycles. The van der Waals surface area contributed by atoms with Crippen molar-refractivity contribution < 1.29 is 139 Å². The van der Waals surface area contributed by atoms with E-state index in [1.54, 1.807) is 0 Å². The molecule has 0 aliphatic carbocycles. The maximum Gasteiger partial charge on any atom is 0.345 e. The molecule has 0 amide bonds. The van der Waals surface area contributed by atoms with Crippen molar-refractivity contribution >= 4 is 82.3 Å². The number of ether oxygens (including phenoxy) is 14. The van der Waals surface area contributed by atoms with Crippen LogP contribution in [0.15, 0.2) is 0 Å². The Morgan fingerprint density at radius 3 is 0.405 bits per heavy atom. The van der Waals surface area contributed by atoms with E-state index in [1.807, 2.05) is 0 Å². The second-order valence-corrected chi connectivity index (χ2v) is 15.8. The predicted molar refractivity (Wildman–Crippen MR) is 276 cm³/mol. The molecule has 79 heavy (non-hydrogen) atoms. The molecule has 0 aliphatic heterocycles. The van der Waals surface area contributed by atoms with Crippen molar-refractivity contribution in [2.24, 2.45) is 0 Å². The van der Waals surface area contributed by atoms with Crippen molar-refractivity contribution in [2.75, 3.05) is 99.5 Å². The molecule has 0 bridgehead atoms. The van der Waals surface area contributed by atoms with Gasteiger partial charge in [-0.25, -0.2) is 33.6 Å². The average Bonchev–Trinajstić information content (AvgIpc) is 3.42. The van der Waals surface area contributed by atoms with Crippen molar-refractivity contribution in [3.05, 3.63) is 0 Å². The van der Waals surface area contributed by atoms with Crippen LogP contribution in [0.25, 0.3) is 0 Å². The van der Waals surface area contributed by atoms with Crippen LogP contribution in [0.5, 0.6) is 0 Å². The number of ketones is 7. The first-order valence-corrected chi connectivity index (χ1v) is 22.4. The summed E-state index contributed by atoms with van der Waals surface area (Å²) in [5.74, 6) is -8.71. The van der Waals surface area contributed by atoms with Crippen LogP contribution in [-0.2, 0) is 133 Å². The number of esters is 7. The number of hydrogen-bond acceptors (Lipinski definition) is 28. The van der Waals surface area contributed by atoms with E-state index in [0.717, 1.165) is 56.1 Å². The molecule has 0 aromatic rings. The Morgan fingerprint density at radius 1 is 0.253 bits per heavy atom. The van der Waals surface area contributed by atoms with E-state index in [0.29, 0.717) is 0 Å². The zero-order chi connectivity index (χ0) is 68.5. The van der Waals surface area contributed by atoms with E-state index in [4.69, 9.17) is 38.6 Å². The Morgan fingerprint density at radius 2 is 0.380 bits per heavy atom. The van der Waals surface area contributed by atoms with Crippen molar-refractivity contribution in [3.8, 4) is 0 Å². The van der Waals surface area contributed by atoms with Gasteiger partial charge in [-0.3, -0.25) is 33.6 Å². The largest absolute Gasteiger partial charge is 0.467 e. The number of hydrogen-bond donors (Lipinski definition) is 0. The predicted octanol–water partition coefficient (Wildman–Crippen LogP) is 1.85. The molecule has 0 aromatic carbocycles. The van der Waals surface area contributed by atoms with Crippen LogP contribution >= 0.6 is 0 Å². The van der Waals surface area contributed by atoms with Crippen LogP contribution in [0, 0.1) is 0 Å². The summed E-state index contributed by atoms with van der Waals surface area (Å²) in [4.78, 5) is 154. The normalized spacial score (nSPS) is 16.3. The van der Waals surface area contributed by atoms with Gasteiger partial charge in [0.1, 0.15) is 0 Å². The standard InChI is InChI=1S/2C8H14O4.5C7H12O4/c2*1-5-8(12-4,6(2)9)7(10)11-3;5*1-5(8)7(2,11-4)6(9)10-3/h2*5H2,1-4H3;5*1-4H3/i2*5D2;;;;;. The Bertz CT molecular complexity index is 1940. The molecular formula is C51H88O28. The van der Waals surface area contributed by atoms with Crippen LogP contribution in [0.1, 0.15) is 115 Å². The Hall–Kier alpha value is -6.30. The SMILES string of the molecule is COC(=O)C(C)(OC)C(C)=O.COC(=O)C(C)(OC)C(C)=O.COC(=O)C(C)(OC)C(C)=O.COC(=O)C(C)(OC)C(C)=O.COC(=O)C(C)(OC)C(C)=O.[2H]C([2H])(C)C(OC)(C(C)=O)C(=O)OC.[2H]C([2H])(C)C(OC)(C(C)=O)C(=O)OC. The Kier molecular flexibility index (Phi) is 39.8. The summed E-state index contributed by atoms with van der Waals surface area (Å²) in [6.45, 7) is 17.6. The van der Waals surface area contributed by atoms with Gasteiger partial charge in [-0.2, -0.15) is 0 Å². The molecule has 28 nitrogen and oxygen atoms in total. The molecule has 0 aromatic heterocycles. The van der Waals surface area contributed by atoms with E-state index >= 15 is 0 Å². The minimum atomic E-state index is -2.18. The van der Waals surface area contributed by atoms with Gasteiger partial charge in [-0.1, -0.05) is 13.8 Å². The summed E-state index contributed by atoms with van der Waals surface area (Å²) in [6.07, 6.45) is -4.28. The van der Waals surface area contributed by atoms with Crippen molar-refractivity contribution in [3.63, 3.8) is 0 Å². The fourth-order valence-electron chi connectivity index (χ4n) is 4.62. The minimum Gasteiger partial charge on any atom is -0.467 e. The van der Waals surface area contributed by atoms with E-state index in [1.165, 1.54) is 140 Å². The average molecular weight is 1150 g/mol. The Balaban J connectivity index is -0.000000163. The second kappa shape index (κ2) is 40.8. The van der Waals surface area contributed by atoms with Crippen LogP contribution < -0.4 is 0 Å². The number of rotatable bonds is 23. The first-order chi connectivity index (χ1) is 37.4. The summed E-state index contributed by atoms with van der Waals surface area (Å²) < 4.78 is 93.4. The zero-order valence-corrected chi connectivity index (χ0v) is 50.9. The number of carbonyl (C=O) groups excluding carboxylic acids is 14. The molecule has 28 heteroatoms. The lowest BCUT2D eigenvalue weighted by Crippen LogP contribution is -2.47. The highest BCUT2D eigenvalue weighted by Crippen LogP contribution is 2.20. The smallest absolute Gasteiger partial charge is 0.345 e. The van der Waals surface area contributed by atoms with Gasteiger partial charge in [0.15, 0.2) is 40.5 Å². The van der Waals surface area contributed by atoms with Crippen molar-refractivity contribution in [1.29, 1.82) is 0 Å². The highest BCUT2D eigenvalue weighted by Gasteiger charge is 2.45. The number of Topliss-reactive ketones (excluding diaryl/α,β-unsaturated/α-hetero) is 7. The monoisotopic (exact) mass is 1150 g/mol. The van der Waals surface area contributed by atoms with Crippen LogP contribution in [-0.4, -0.2) is 221 Å². The fraction of sp³-hybridized carbons (Fsp3) is 0.725. The molecular weight excluding hydrogens is 1060 g/mol. The molecule has 460 valence electrons. The summed E-state index contributed by atoms with van der Waals surface area (Å²) in [5, 5.41) is 0. The van der Waals surface area contributed by atoms with Gasteiger partial charge in [0, 0.05) is 55.3 Å². The first-order valence-electron chi connectivity index (χ1n) is 24.4. The van der Waals surface area contributed by atoms with Crippen LogP contribution in [0.3, 0.4) is 0 Å². The molecule has 0 N–H and O–H groups in total. The van der Waals surface area contributed by atoms with E-state index in [9.17, 15) is 67.1 Å². The molecule has 0 aliphatic rings. The maximum atomic E-state index is 11.3. The minimum absolute atomic E-state index is 0.369. The third kappa shape index (κ3) is 24.7. The van der Waals surface area contributed by atoms with E-state index in [2.05, 4.69) is 33.2 Å². The van der Waals surface area contributed by atoms with Gasteiger partial charge in [-0.15, -0.1) is 0 Å². The number of methoxy groups -OCH3 is 14. The molecule has 0 radical (unpaired) electrons. The quantitative estimate of drug-likeness (QED) is 0.0800. The summed E-state index contributed by atoms with van der Waals surface area (Å²) in [7, 11) is 16.8. The second-order valence-electron chi connectivity index (χ2n) is 15.8. The van der Waals surface area contributed by atoms with E-state index in [-0.39, 0.29) is 28.9 Å².